The van der Waals surface area contributed by atoms with Crippen LogP contribution in [0, 0.1) is 0 Å². The molecule has 2 heterocycles. The van der Waals surface area contributed by atoms with Gasteiger partial charge in [-0.1, -0.05) is 25.1 Å². The Bertz CT molecular complexity index is 905. The third-order valence-electron chi connectivity index (χ3n) is 4.68. The fourth-order valence-electron chi connectivity index (χ4n) is 3.24. The van der Waals surface area contributed by atoms with E-state index in [1.807, 2.05) is 11.8 Å². The van der Waals surface area contributed by atoms with E-state index in [0.717, 1.165) is 44.5 Å². The summed E-state index contributed by atoms with van der Waals surface area (Å²) in [7, 11) is 0. The highest BCUT2D eigenvalue weighted by molar-refractivity contribution is 7.99. The first kappa shape index (κ1) is 21.1. The van der Waals surface area contributed by atoms with Crippen molar-refractivity contribution < 1.29 is 9.59 Å². The summed E-state index contributed by atoms with van der Waals surface area (Å²) in [5.74, 6) is -0.0266. The second-order valence-corrected chi connectivity index (χ2v) is 8.02. The number of amides is 2. The molecule has 0 unspecified atom stereocenters. The lowest BCUT2D eigenvalue weighted by atomic mass is 10.1. The zero-order valence-corrected chi connectivity index (χ0v) is 17.4. The van der Waals surface area contributed by atoms with Crippen molar-refractivity contribution in [1.82, 2.24) is 14.9 Å². The van der Waals surface area contributed by atoms with Gasteiger partial charge in [-0.3, -0.25) is 14.4 Å². The molecule has 1 aliphatic rings. The summed E-state index contributed by atoms with van der Waals surface area (Å²) >= 11 is 1.19. The standard InChI is InChI=1S/C21H26N4O3S/c1-2-6-17-13-18(26)24-21(23-17)29-14-19(27)22-16-9-7-15(8-10-16)20(28)25-11-4-3-5-12-25/h7-10,13H,2-6,11-12,14H2,1H3,(H,22,27)(H,23,24,26). The molecule has 1 aliphatic heterocycles. The summed E-state index contributed by atoms with van der Waals surface area (Å²) in [4.78, 5) is 45.3. The first-order chi connectivity index (χ1) is 14.0. The number of piperidine rings is 1. The molecule has 7 nitrogen and oxygen atoms in total. The van der Waals surface area contributed by atoms with E-state index in [0.29, 0.717) is 16.4 Å². The lowest BCUT2D eigenvalue weighted by Gasteiger charge is -2.26. The number of likely N-dealkylation sites (tertiary alicyclic amines) is 1. The van der Waals surface area contributed by atoms with Crippen LogP contribution in [0.2, 0.25) is 0 Å². The molecule has 0 spiro atoms. The summed E-state index contributed by atoms with van der Waals surface area (Å²) in [5, 5.41) is 3.25. The summed E-state index contributed by atoms with van der Waals surface area (Å²) in [6.45, 7) is 3.64. The fraction of sp³-hybridized carbons (Fsp3) is 0.429. The van der Waals surface area contributed by atoms with Gasteiger partial charge in [0.15, 0.2) is 5.16 Å². The van der Waals surface area contributed by atoms with Crippen molar-refractivity contribution in [3.8, 4) is 0 Å². The molecule has 29 heavy (non-hydrogen) atoms. The van der Waals surface area contributed by atoms with Gasteiger partial charge in [0, 0.05) is 36.1 Å². The minimum atomic E-state index is -0.208. The van der Waals surface area contributed by atoms with Crippen LogP contribution in [0.25, 0.3) is 0 Å². The molecule has 2 aromatic rings. The molecule has 0 atom stereocenters. The first-order valence-corrected chi connectivity index (χ1v) is 11.0. The van der Waals surface area contributed by atoms with Crippen molar-refractivity contribution in [2.75, 3.05) is 24.2 Å². The van der Waals surface area contributed by atoms with Crippen LogP contribution in [0.4, 0.5) is 5.69 Å². The van der Waals surface area contributed by atoms with Crippen LogP contribution in [0.5, 0.6) is 0 Å². The number of carbonyl (C=O) groups is 2. The Morgan fingerprint density at radius 3 is 2.59 bits per heavy atom. The van der Waals surface area contributed by atoms with Crippen molar-refractivity contribution in [3.63, 3.8) is 0 Å². The molecule has 1 fully saturated rings. The van der Waals surface area contributed by atoms with Crippen LogP contribution >= 0.6 is 11.8 Å². The highest BCUT2D eigenvalue weighted by Crippen LogP contribution is 2.17. The van der Waals surface area contributed by atoms with Gasteiger partial charge < -0.3 is 15.2 Å². The van der Waals surface area contributed by atoms with Gasteiger partial charge in [0.2, 0.25) is 5.91 Å². The summed E-state index contributed by atoms with van der Waals surface area (Å²) in [6.07, 6.45) is 4.92. The second-order valence-electron chi connectivity index (χ2n) is 7.06. The van der Waals surface area contributed by atoms with Crippen LogP contribution in [-0.4, -0.2) is 45.5 Å². The third-order valence-corrected chi connectivity index (χ3v) is 5.55. The molecule has 1 aromatic heterocycles. The monoisotopic (exact) mass is 414 g/mol. The van der Waals surface area contributed by atoms with Crippen LogP contribution in [0.1, 0.15) is 48.7 Å². The summed E-state index contributed by atoms with van der Waals surface area (Å²) < 4.78 is 0. The maximum atomic E-state index is 12.5. The molecule has 2 N–H and O–H groups in total. The smallest absolute Gasteiger partial charge is 0.253 e. The van der Waals surface area contributed by atoms with E-state index in [1.54, 1.807) is 24.3 Å². The van der Waals surface area contributed by atoms with E-state index in [2.05, 4.69) is 15.3 Å². The van der Waals surface area contributed by atoms with Gasteiger partial charge >= 0.3 is 0 Å². The highest BCUT2D eigenvalue weighted by atomic mass is 32.2. The minimum absolute atomic E-state index is 0.0418. The Morgan fingerprint density at radius 1 is 1.17 bits per heavy atom. The SMILES string of the molecule is CCCc1cc(=O)[nH]c(SCC(=O)Nc2ccc(C(=O)N3CCCCC3)cc2)n1. The number of nitrogens with zero attached hydrogens (tertiary/aromatic N) is 2. The number of carbonyl (C=O) groups excluding carboxylic acids is 2. The van der Waals surface area contributed by atoms with Gasteiger partial charge in [0.25, 0.3) is 11.5 Å². The van der Waals surface area contributed by atoms with Crippen molar-refractivity contribution in [2.45, 2.75) is 44.2 Å². The van der Waals surface area contributed by atoms with Crippen molar-refractivity contribution in [2.24, 2.45) is 0 Å². The van der Waals surface area contributed by atoms with E-state index in [-0.39, 0.29) is 23.1 Å². The van der Waals surface area contributed by atoms with Crippen molar-refractivity contribution in [3.05, 3.63) is 51.9 Å². The Morgan fingerprint density at radius 2 is 1.90 bits per heavy atom. The number of rotatable bonds is 7. The largest absolute Gasteiger partial charge is 0.339 e. The van der Waals surface area contributed by atoms with Gasteiger partial charge in [-0.2, -0.15) is 0 Å². The topological polar surface area (TPSA) is 95.2 Å². The normalized spacial score (nSPS) is 13.9. The average molecular weight is 415 g/mol. The number of H-pyrrole nitrogens is 1. The van der Waals surface area contributed by atoms with Crippen molar-refractivity contribution >= 4 is 29.3 Å². The number of aromatic nitrogens is 2. The fourth-order valence-corrected chi connectivity index (χ4v) is 3.94. The molecule has 154 valence electrons. The Hall–Kier alpha value is -2.61. The van der Waals surface area contributed by atoms with Crippen molar-refractivity contribution in [1.29, 1.82) is 0 Å². The number of thioether (sulfide) groups is 1. The molecule has 3 rings (SSSR count). The Balaban J connectivity index is 1.53. The van der Waals surface area contributed by atoms with Crippen LogP contribution in [0.15, 0.2) is 40.3 Å². The van der Waals surface area contributed by atoms with Gasteiger partial charge in [-0.05, 0) is 49.9 Å². The number of benzene rings is 1. The van der Waals surface area contributed by atoms with Gasteiger partial charge in [0.05, 0.1) is 5.75 Å². The molecule has 2 amide bonds. The molecule has 0 saturated carbocycles. The van der Waals surface area contributed by atoms with Gasteiger partial charge in [0.1, 0.15) is 0 Å². The number of hydrogen-bond donors (Lipinski definition) is 2. The molecular formula is C21H26N4O3S. The van der Waals surface area contributed by atoms with E-state index in [9.17, 15) is 14.4 Å². The van der Waals surface area contributed by atoms with Crippen LogP contribution in [-0.2, 0) is 11.2 Å². The Labute approximate surface area is 174 Å². The predicted octanol–water partition coefficient (Wildman–Crippen LogP) is 3.08. The van der Waals surface area contributed by atoms with Gasteiger partial charge in [-0.25, -0.2) is 4.98 Å². The van der Waals surface area contributed by atoms with Gasteiger partial charge in [-0.15, -0.1) is 0 Å². The Kier molecular flexibility index (Phi) is 7.46. The molecule has 0 aliphatic carbocycles. The third kappa shape index (κ3) is 6.19. The first-order valence-electron chi connectivity index (χ1n) is 9.97. The number of nitrogens with one attached hydrogen (secondary N) is 2. The molecule has 1 saturated heterocycles. The highest BCUT2D eigenvalue weighted by Gasteiger charge is 2.18. The number of anilines is 1. The molecule has 0 bridgehead atoms. The average Bonchev–Trinajstić information content (AvgIpc) is 2.73. The number of aryl methyl sites for hydroxylation is 1. The zero-order chi connectivity index (χ0) is 20.6. The second kappa shape index (κ2) is 10.2. The quantitative estimate of drug-likeness (QED) is 0.536. The predicted molar refractivity (Wildman–Crippen MR) is 114 cm³/mol. The maximum absolute atomic E-state index is 12.5. The molecule has 0 radical (unpaired) electrons. The molecule has 8 heteroatoms. The minimum Gasteiger partial charge on any atom is -0.339 e. The van der Waals surface area contributed by atoms with E-state index >= 15 is 0 Å². The van der Waals surface area contributed by atoms with Crippen LogP contribution in [0.3, 0.4) is 0 Å². The number of hydrogen-bond acceptors (Lipinski definition) is 5. The van der Waals surface area contributed by atoms with Crippen LogP contribution < -0.4 is 10.9 Å². The van der Waals surface area contributed by atoms with E-state index < -0.39 is 0 Å². The summed E-state index contributed by atoms with van der Waals surface area (Å²) in [5.41, 5.74) is 1.79. The lowest BCUT2D eigenvalue weighted by Crippen LogP contribution is -2.35. The maximum Gasteiger partial charge on any atom is 0.253 e. The molecule has 1 aromatic carbocycles. The zero-order valence-electron chi connectivity index (χ0n) is 16.6. The number of aromatic amines is 1. The van der Waals surface area contributed by atoms with E-state index in [4.69, 9.17) is 0 Å². The lowest BCUT2D eigenvalue weighted by molar-refractivity contribution is -0.113. The summed E-state index contributed by atoms with van der Waals surface area (Å²) in [6, 6.07) is 8.45. The van der Waals surface area contributed by atoms with E-state index in [1.165, 1.54) is 24.2 Å². The molecular weight excluding hydrogens is 388 g/mol.